The Hall–Kier alpha value is -1.84. The van der Waals surface area contributed by atoms with E-state index in [1.165, 1.54) is 0 Å². The molecule has 0 radical (unpaired) electrons. The van der Waals surface area contributed by atoms with Crippen LogP contribution in [0.1, 0.15) is 19.4 Å². The van der Waals surface area contributed by atoms with Crippen LogP contribution in [0.4, 0.5) is 0 Å². The van der Waals surface area contributed by atoms with Gasteiger partial charge in [-0.15, -0.1) is 0 Å². The first-order valence-corrected chi connectivity index (χ1v) is 5.94. The number of likely N-dealkylation sites (N-methyl/N-ethyl adjacent to an activating group) is 1. The van der Waals surface area contributed by atoms with E-state index in [-0.39, 0.29) is 5.91 Å². The Bertz CT molecular complexity index is 514. The van der Waals surface area contributed by atoms with E-state index in [1.54, 1.807) is 6.33 Å². The molecule has 1 N–H and O–H groups in total. The predicted octanol–water partition coefficient (Wildman–Crippen LogP) is 1.97. The van der Waals surface area contributed by atoms with Crippen LogP contribution < -0.4 is 0 Å². The maximum absolute atomic E-state index is 11.9. The van der Waals surface area contributed by atoms with E-state index < -0.39 is 0 Å². The van der Waals surface area contributed by atoms with Gasteiger partial charge in [-0.25, -0.2) is 4.98 Å². The quantitative estimate of drug-likeness (QED) is 0.874. The number of aromatic amines is 1. The highest BCUT2D eigenvalue weighted by atomic mass is 16.2. The highest BCUT2D eigenvalue weighted by molar-refractivity contribution is 5.81. The van der Waals surface area contributed by atoms with Crippen molar-refractivity contribution in [3.05, 3.63) is 30.1 Å². The minimum atomic E-state index is 0.175. The third-order valence-electron chi connectivity index (χ3n) is 2.96. The van der Waals surface area contributed by atoms with Crippen LogP contribution in [-0.2, 0) is 11.2 Å². The van der Waals surface area contributed by atoms with Crippen molar-refractivity contribution in [1.82, 2.24) is 14.9 Å². The third-order valence-corrected chi connectivity index (χ3v) is 2.96. The number of carbonyl (C=O) groups is 1. The molecule has 2 aromatic rings. The molecule has 0 bridgehead atoms. The Morgan fingerprint density at radius 3 is 2.82 bits per heavy atom. The van der Waals surface area contributed by atoms with Gasteiger partial charge < -0.3 is 9.88 Å². The lowest BCUT2D eigenvalue weighted by atomic mass is 10.1. The number of rotatable bonds is 4. The maximum Gasteiger partial charge on any atom is 0.226 e. The van der Waals surface area contributed by atoms with Crippen molar-refractivity contribution in [1.29, 1.82) is 0 Å². The van der Waals surface area contributed by atoms with Crippen LogP contribution in [0, 0.1) is 0 Å². The average Bonchev–Trinajstić information content (AvgIpc) is 2.77. The second-order valence-corrected chi connectivity index (χ2v) is 4.00. The summed E-state index contributed by atoms with van der Waals surface area (Å²) in [5.74, 6) is 0.175. The third kappa shape index (κ3) is 2.46. The number of aromatic nitrogens is 2. The first kappa shape index (κ1) is 11.6. The molecule has 0 aliphatic heterocycles. The van der Waals surface area contributed by atoms with Gasteiger partial charge >= 0.3 is 0 Å². The van der Waals surface area contributed by atoms with Crippen molar-refractivity contribution in [3.63, 3.8) is 0 Å². The van der Waals surface area contributed by atoms with Gasteiger partial charge in [0.2, 0.25) is 5.91 Å². The average molecular weight is 231 g/mol. The fourth-order valence-electron chi connectivity index (χ4n) is 1.96. The number of fused-ring (bicyclic) bond motifs is 1. The van der Waals surface area contributed by atoms with Crippen molar-refractivity contribution in [2.24, 2.45) is 0 Å². The lowest BCUT2D eigenvalue weighted by Gasteiger charge is -2.18. The molecule has 1 aromatic carbocycles. The van der Waals surface area contributed by atoms with E-state index >= 15 is 0 Å². The van der Waals surface area contributed by atoms with Crippen LogP contribution in [0.5, 0.6) is 0 Å². The van der Waals surface area contributed by atoms with Crippen molar-refractivity contribution in [2.45, 2.75) is 20.3 Å². The minimum absolute atomic E-state index is 0.175. The number of nitrogens with zero attached hydrogens (tertiary/aromatic N) is 2. The smallest absolute Gasteiger partial charge is 0.226 e. The van der Waals surface area contributed by atoms with Crippen LogP contribution in [0.25, 0.3) is 11.0 Å². The molecule has 0 fully saturated rings. The summed E-state index contributed by atoms with van der Waals surface area (Å²) in [6.07, 6.45) is 2.12. The van der Waals surface area contributed by atoms with Crippen LogP contribution in [-0.4, -0.2) is 33.9 Å². The highest BCUT2D eigenvalue weighted by Gasteiger charge is 2.10. The van der Waals surface area contributed by atoms with E-state index in [0.29, 0.717) is 6.42 Å². The van der Waals surface area contributed by atoms with Gasteiger partial charge in [-0.3, -0.25) is 4.79 Å². The van der Waals surface area contributed by atoms with E-state index in [1.807, 2.05) is 36.9 Å². The van der Waals surface area contributed by atoms with Crippen molar-refractivity contribution < 1.29 is 4.79 Å². The van der Waals surface area contributed by atoms with Gasteiger partial charge in [0.1, 0.15) is 0 Å². The summed E-state index contributed by atoms with van der Waals surface area (Å²) in [6.45, 7) is 5.53. The summed E-state index contributed by atoms with van der Waals surface area (Å²) in [7, 11) is 0. The zero-order valence-corrected chi connectivity index (χ0v) is 10.2. The highest BCUT2D eigenvalue weighted by Crippen LogP contribution is 2.12. The molecule has 1 heterocycles. The minimum Gasteiger partial charge on any atom is -0.345 e. The maximum atomic E-state index is 11.9. The van der Waals surface area contributed by atoms with Crippen LogP contribution in [0.3, 0.4) is 0 Å². The van der Waals surface area contributed by atoms with E-state index in [0.717, 1.165) is 29.7 Å². The predicted molar refractivity (Wildman–Crippen MR) is 67.7 cm³/mol. The molecule has 1 aromatic heterocycles. The van der Waals surface area contributed by atoms with Gasteiger partial charge in [-0.2, -0.15) is 0 Å². The summed E-state index contributed by atoms with van der Waals surface area (Å²) in [6, 6.07) is 5.89. The number of H-pyrrole nitrogens is 1. The normalized spacial score (nSPS) is 10.7. The number of hydrogen-bond acceptors (Lipinski definition) is 2. The summed E-state index contributed by atoms with van der Waals surface area (Å²) in [5.41, 5.74) is 2.94. The SMILES string of the molecule is CCN(CC)C(=O)Cc1ccc2nc[nH]c2c1. The van der Waals surface area contributed by atoms with Crippen LogP contribution in [0.15, 0.2) is 24.5 Å². The standard InChI is InChI=1S/C13H17N3O/c1-3-16(4-2)13(17)8-10-5-6-11-12(7-10)15-9-14-11/h5-7,9H,3-4,8H2,1-2H3,(H,14,15). The molecule has 4 heteroatoms. The Balaban J connectivity index is 2.14. The zero-order chi connectivity index (χ0) is 12.3. The number of nitrogens with one attached hydrogen (secondary N) is 1. The largest absolute Gasteiger partial charge is 0.345 e. The molecule has 17 heavy (non-hydrogen) atoms. The van der Waals surface area contributed by atoms with Crippen molar-refractivity contribution in [3.8, 4) is 0 Å². The van der Waals surface area contributed by atoms with Crippen LogP contribution >= 0.6 is 0 Å². The van der Waals surface area contributed by atoms with Crippen molar-refractivity contribution in [2.75, 3.05) is 13.1 Å². The van der Waals surface area contributed by atoms with Crippen molar-refractivity contribution >= 4 is 16.9 Å². The fourth-order valence-corrected chi connectivity index (χ4v) is 1.96. The second kappa shape index (κ2) is 4.99. The monoisotopic (exact) mass is 231 g/mol. The van der Waals surface area contributed by atoms with Gasteiger partial charge in [-0.1, -0.05) is 6.07 Å². The molecule has 0 unspecified atom stereocenters. The Morgan fingerprint density at radius 1 is 1.35 bits per heavy atom. The van der Waals surface area contributed by atoms with Gasteiger partial charge in [0.05, 0.1) is 23.8 Å². The number of imidazole rings is 1. The molecule has 1 amide bonds. The Morgan fingerprint density at radius 2 is 2.12 bits per heavy atom. The lowest BCUT2D eigenvalue weighted by Crippen LogP contribution is -2.31. The Labute approximate surface area is 101 Å². The number of amides is 1. The zero-order valence-electron chi connectivity index (χ0n) is 10.2. The number of carbonyl (C=O) groups excluding carboxylic acids is 1. The second-order valence-electron chi connectivity index (χ2n) is 4.00. The van der Waals surface area contributed by atoms with Gasteiger partial charge in [0, 0.05) is 13.1 Å². The first-order valence-electron chi connectivity index (χ1n) is 5.94. The molecule has 0 aliphatic carbocycles. The van der Waals surface area contributed by atoms with E-state index in [4.69, 9.17) is 0 Å². The number of hydrogen-bond donors (Lipinski definition) is 1. The lowest BCUT2D eigenvalue weighted by molar-refractivity contribution is -0.130. The number of benzene rings is 1. The molecule has 0 spiro atoms. The summed E-state index contributed by atoms with van der Waals surface area (Å²) >= 11 is 0. The molecule has 0 atom stereocenters. The first-order chi connectivity index (χ1) is 8.24. The van der Waals surface area contributed by atoms with Crippen LogP contribution in [0.2, 0.25) is 0 Å². The molecular weight excluding hydrogens is 214 g/mol. The fraction of sp³-hybridized carbons (Fsp3) is 0.385. The summed E-state index contributed by atoms with van der Waals surface area (Å²) < 4.78 is 0. The Kier molecular flexibility index (Phi) is 3.42. The molecule has 90 valence electrons. The molecule has 4 nitrogen and oxygen atoms in total. The van der Waals surface area contributed by atoms with Gasteiger partial charge in [0.25, 0.3) is 0 Å². The molecular formula is C13H17N3O. The van der Waals surface area contributed by atoms with Gasteiger partial charge in [-0.05, 0) is 31.5 Å². The topological polar surface area (TPSA) is 49.0 Å². The van der Waals surface area contributed by atoms with Gasteiger partial charge in [0.15, 0.2) is 0 Å². The summed E-state index contributed by atoms with van der Waals surface area (Å²) in [5, 5.41) is 0. The van der Waals surface area contributed by atoms with E-state index in [9.17, 15) is 4.79 Å². The molecule has 0 saturated heterocycles. The summed E-state index contributed by atoms with van der Waals surface area (Å²) in [4.78, 5) is 21.0. The molecule has 2 rings (SSSR count). The molecule has 0 aliphatic rings. The molecule has 0 saturated carbocycles. The van der Waals surface area contributed by atoms with E-state index in [2.05, 4.69) is 9.97 Å².